The van der Waals surface area contributed by atoms with Gasteiger partial charge in [-0.3, -0.25) is 0 Å². The van der Waals surface area contributed by atoms with Crippen molar-refractivity contribution in [2.75, 3.05) is 0 Å². The molecule has 0 aliphatic rings. The van der Waals surface area contributed by atoms with Crippen LogP contribution in [0.4, 0.5) is 0 Å². The van der Waals surface area contributed by atoms with Crippen molar-refractivity contribution in [3.8, 4) is 0 Å². The summed E-state index contributed by atoms with van der Waals surface area (Å²) in [7, 11) is -3.76. The molecule has 0 saturated carbocycles. The van der Waals surface area contributed by atoms with Gasteiger partial charge in [0.15, 0.2) is 4.67 Å². The summed E-state index contributed by atoms with van der Waals surface area (Å²) in [5.74, 6) is 0.178. The molecule has 2 aromatic rings. The van der Waals surface area contributed by atoms with Gasteiger partial charge in [0, 0.05) is 17.1 Å². The van der Waals surface area contributed by atoms with Crippen LogP contribution in [0, 0.1) is 0 Å². The maximum atomic E-state index is 12.3. The molecule has 0 aliphatic heterocycles. The predicted molar refractivity (Wildman–Crippen MR) is 82.6 cm³/mol. The summed E-state index contributed by atoms with van der Waals surface area (Å²) in [6.45, 7) is 3.39. The number of thiazole rings is 1. The molecule has 0 amide bonds. The van der Waals surface area contributed by atoms with Gasteiger partial charge in [-0.15, -0.1) is 11.3 Å². The molecule has 2 heterocycles. The van der Waals surface area contributed by atoms with Crippen LogP contribution >= 0.6 is 27.3 Å². The second-order valence-corrected chi connectivity index (χ2v) is 7.92. The third kappa shape index (κ3) is 3.72. The molecule has 9 heteroatoms. The predicted octanol–water partition coefficient (Wildman–Crippen LogP) is 2.59. The Labute approximate surface area is 135 Å². The smallest absolute Gasteiger partial charge is 0.245 e. The van der Waals surface area contributed by atoms with E-state index in [0.29, 0.717) is 5.01 Å². The fourth-order valence-corrected chi connectivity index (χ4v) is 4.83. The molecule has 0 bridgehead atoms. The van der Waals surface area contributed by atoms with Crippen LogP contribution in [-0.2, 0) is 23.1 Å². The summed E-state index contributed by atoms with van der Waals surface area (Å²) < 4.78 is 32.4. The van der Waals surface area contributed by atoms with Gasteiger partial charge in [-0.1, -0.05) is 6.92 Å². The molecular formula is C12H15BrN2O4S2. The Morgan fingerprint density at radius 1 is 1.57 bits per heavy atom. The molecule has 0 saturated heterocycles. The van der Waals surface area contributed by atoms with Gasteiger partial charge < -0.3 is 9.52 Å². The Hall–Kier alpha value is -0.740. The average Bonchev–Trinajstić information content (AvgIpc) is 3.04. The van der Waals surface area contributed by atoms with Crippen molar-refractivity contribution in [3.05, 3.63) is 32.6 Å². The lowest BCUT2D eigenvalue weighted by Gasteiger charge is -2.10. The summed E-state index contributed by atoms with van der Waals surface area (Å²) >= 11 is 4.52. The number of nitrogens with zero attached hydrogens (tertiary/aromatic N) is 1. The lowest BCUT2D eigenvalue weighted by Crippen LogP contribution is -2.26. The maximum absolute atomic E-state index is 12.3. The van der Waals surface area contributed by atoms with E-state index in [1.807, 2.05) is 6.92 Å². The number of sulfonamides is 1. The molecule has 2 aromatic heterocycles. The van der Waals surface area contributed by atoms with Crippen LogP contribution in [0.5, 0.6) is 0 Å². The van der Waals surface area contributed by atoms with E-state index in [1.54, 1.807) is 13.1 Å². The number of hydrogen-bond acceptors (Lipinski definition) is 6. The number of nitrogens with one attached hydrogen (secondary N) is 1. The third-order valence-corrected chi connectivity index (χ3v) is 6.50. The van der Waals surface area contributed by atoms with Crippen molar-refractivity contribution in [1.29, 1.82) is 0 Å². The third-order valence-electron chi connectivity index (χ3n) is 2.77. The first-order chi connectivity index (χ1) is 9.87. The van der Waals surface area contributed by atoms with Crippen LogP contribution in [0.1, 0.15) is 35.5 Å². The molecule has 0 fully saturated rings. The van der Waals surface area contributed by atoms with Crippen molar-refractivity contribution in [1.82, 2.24) is 9.71 Å². The molecule has 21 heavy (non-hydrogen) atoms. The lowest BCUT2D eigenvalue weighted by molar-refractivity contribution is 0.245. The number of aliphatic hydroxyl groups is 1. The molecule has 0 aromatic carbocycles. The fraction of sp³-hybridized carbons (Fsp3) is 0.417. The van der Waals surface area contributed by atoms with E-state index in [1.165, 1.54) is 17.4 Å². The Kier molecular flexibility index (Phi) is 5.20. The van der Waals surface area contributed by atoms with E-state index in [4.69, 9.17) is 9.52 Å². The summed E-state index contributed by atoms with van der Waals surface area (Å²) in [5.41, 5.74) is 0. The van der Waals surface area contributed by atoms with Gasteiger partial charge in [0.05, 0.1) is 6.04 Å². The van der Waals surface area contributed by atoms with Crippen molar-refractivity contribution < 1.29 is 17.9 Å². The van der Waals surface area contributed by atoms with Crippen LogP contribution in [0.3, 0.4) is 0 Å². The topological polar surface area (TPSA) is 92.4 Å². The van der Waals surface area contributed by atoms with Crippen LogP contribution in [0.25, 0.3) is 0 Å². The van der Waals surface area contributed by atoms with Gasteiger partial charge in [-0.25, -0.2) is 18.1 Å². The summed E-state index contributed by atoms with van der Waals surface area (Å²) in [6.07, 6.45) is 2.62. The van der Waals surface area contributed by atoms with Gasteiger partial charge in [-0.05, 0) is 29.3 Å². The standard InChI is InChI=1S/C12H15BrN2O4S2/c1-3-9-5-14-12(20-9)7(2)15-21(17,18)10-4-8(6-16)19-11(10)13/h4-5,7,15-16H,3,6H2,1-2H3. The Morgan fingerprint density at radius 3 is 2.81 bits per heavy atom. The minimum Gasteiger partial charge on any atom is -0.450 e. The van der Waals surface area contributed by atoms with E-state index < -0.39 is 16.1 Å². The van der Waals surface area contributed by atoms with Gasteiger partial charge in [0.2, 0.25) is 10.0 Å². The maximum Gasteiger partial charge on any atom is 0.245 e. The number of aromatic nitrogens is 1. The zero-order valence-electron chi connectivity index (χ0n) is 11.5. The van der Waals surface area contributed by atoms with E-state index in [9.17, 15) is 8.42 Å². The summed E-state index contributed by atoms with van der Waals surface area (Å²) in [6, 6.07) is 0.845. The van der Waals surface area contributed by atoms with E-state index in [-0.39, 0.29) is 21.9 Å². The number of rotatable bonds is 6. The fourth-order valence-electron chi connectivity index (χ4n) is 1.69. The highest BCUT2D eigenvalue weighted by molar-refractivity contribution is 9.10. The quantitative estimate of drug-likeness (QED) is 0.785. The monoisotopic (exact) mass is 394 g/mol. The van der Waals surface area contributed by atoms with Crippen molar-refractivity contribution >= 4 is 37.3 Å². The molecule has 6 nitrogen and oxygen atoms in total. The van der Waals surface area contributed by atoms with E-state index >= 15 is 0 Å². The first-order valence-electron chi connectivity index (χ1n) is 6.23. The minimum atomic E-state index is -3.76. The van der Waals surface area contributed by atoms with Gasteiger partial charge in [0.1, 0.15) is 22.3 Å². The number of aliphatic hydroxyl groups excluding tert-OH is 1. The average molecular weight is 395 g/mol. The first-order valence-corrected chi connectivity index (χ1v) is 9.32. The van der Waals surface area contributed by atoms with Gasteiger partial charge >= 0.3 is 0 Å². The number of hydrogen-bond donors (Lipinski definition) is 2. The van der Waals surface area contributed by atoms with Crippen molar-refractivity contribution in [3.63, 3.8) is 0 Å². The van der Waals surface area contributed by atoms with E-state index in [0.717, 1.165) is 11.3 Å². The second-order valence-electron chi connectivity index (χ2n) is 4.37. The Bertz CT molecular complexity index is 723. The highest BCUT2D eigenvalue weighted by Gasteiger charge is 2.25. The molecule has 0 radical (unpaired) electrons. The molecule has 2 N–H and O–H groups in total. The molecular weight excluding hydrogens is 380 g/mol. The van der Waals surface area contributed by atoms with Crippen LogP contribution in [0.15, 0.2) is 26.2 Å². The van der Waals surface area contributed by atoms with Crippen LogP contribution in [0.2, 0.25) is 0 Å². The first kappa shape index (κ1) is 16.6. The highest BCUT2D eigenvalue weighted by atomic mass is 79.9. The lowest BCUT2D eigenvalue weighted by atomic mass is 10.4. The SMILES string of the molecule is CCc1cnc(C(C)NS(=O)(=O)c2cc(CO)oc2Br)s1. The number of aryl methyl sites for hydroxylation is 1. The zero-order chi connectivity index (χ0) is 15.6. The van der Waals surface area contributed by atoms with Crippen LogP contribution < -0.4 is 4.72 Å². The highest BCUT2D eigenvalue weighted by Crippen LogP contribution is 2.28. The zero-order valence-corrected chi connectivity index (χ0v) is 14.7. The molecule has 1 atom stereocenters. The largest absolute Gasteiger partial charge is 0.450 e. The summed E-state index contributed by atoms with van der Waals surface area (Å²) in [4.78, 5) is 5.29. The normalized spacial score (nSPS) is 13.5. The van der Waals surface area contributed by atoms with Gasteiger partial charge in [0.25, 0.3) is 0 Å². The number of furan rings is 1. The molecule has 2 rings (SSSR count). The summed E-state index contributed by atoms with van der Waals surface area (Å²) in [5, 5.41) is 9.70. The molecule has 0 aliphatic carbocycles. The van der Waals surface area contributed by atoms with Crippen molar-refractivity contribution in [2.45, 2.75) is 37.8 Å². The number of halogens is 1. The van der Waals surface area contributed by atoms with Crippen molar-refractivity contribution in [2.24, 2.45) is 0 Å². The molecule has 116 valence electrons. The second kappa shape index (κ2) is 6.57. The Balaban J connectivity index is 2.21. The minimum absolute atomic E-state index is 0.0364. The Morgan fingerprint density at radius 2 is 2.29 bits per heavy atom. The molecule has 0 spiro atoms. The van der Waals surface area contributed by atoms with Crippen LogP contribution in [-0.4, -0.2) is 18.5 Å². The van der Waals surface area contributed by atoms with E-state index in [2.05, 4.69) is 25.6 Å². The van der Waals surface area contributed by atoms with Gasteiger partial charge in [-0.2, -0.15) is 0 Å². The molecule has 1 unspecified atom stereocenters.